The molecule has 3 rings (SSSR count). The Balaban J connectivity index is 0.00000261. The first-order valence-electron chi connectivity index (χ1n) is 9.13. The lowest BCUT2D eigenvalue weighted by atomic mass is 9.90. The molecule has 1 unspecified atom stereocenters. The number of nitrogens with zero attached hydrogens (tertiary/aromatic N) is 2. The Bertz CT molecular complexity index is 775. The molecule has 5 nitrogen and oxygen atoms in total. The molecule has 2 aromatic rings. The van der Waals surface area contributed by atoms with E-state index in [4.69, 9.17) is 4.74 Å². The number of nitrogens with one attached hydrogen (secondary N) is 2. The molecule has 0 amide bonds. The van der Waals surface area contributed by atoms with Crippen molar-refractivity contribution in [3.8, 4) is 5.75 Å². The van der Waals surface area contributed by atoms with Gasteiger partial charge in [0.1, 0.15) is 11.4 Å². The highest BCUT2D eigenvalue weighted by molar-refractivity contribution is 14.0. The fraction of sp³-hybridized carbons (Fsp3) is 0.500. The zero-order valence-electron chi connectivity index (χ0n) is 16.4. The van der Waals surface area contributed by atoms with Crippen LogP contribution in [0.25, 0.3) is 0 Å². The van der Waals surface area contributed by atoms with Crippen LogP contribution in [0.4, 0.5) is 0 Å². The second-order valence-electron chi connectivity index (χ2n) is 7.29. The monoisotopic (exact) mass is 500 g/mol. The van der Waals surface area contributed by atoms with Gasteiger partial charge in [-0.2, -0.15) is 0 Å². The average molecular weight is 500 g/mol. The predicted molar refractivity (Wildman–Crippen MR) is 124 cm³/mol. The van der Waals surface area contributed by atoms with Gasteiger partial charge in [-0.3, -0.25) is 4.99 Å². The van der Waals surface area contributed by atoms with Gasteiger partial charge in [0, 0.05) is 43.1 Å². The molecule has 0 radical (unpaired) electrons. The molecule has 2 N–H and O–H groups in total. The van der Waals surface area contributed by atoms with Crippen molar-refractivity contribution >= 4 is 41.3 Å². The van der Waals surface area contributed by atoms with Crippen LogP contribution in [0.1, 0.15) is 49.0 Å². The van der Waals surface area contributed by atoms with E-state index in [2.05, 4.69) is 52.0 Å². The van der Waals surface area contributed by atoms with Gasteiger partial charge in [0.05, 0.1) is 11.0 Å². The molecule has 1 atom stereocenters. The third kappa shape index (κ3) is 6.07. The van der Waals surface area contributed by atoms with E-state index in [1.807, 2.05) is 26.1 Å². The van der Waals surface area contributed by atoms with Crippen molar-refractivity contribution in [3.63, 3.8) is 0 Å². The van der Waals surface area contributed by atoms with Crippen molar-refractivity contribution in [2.24, 2.45) is 4.99 Å². The van der Waals surface area contributed by atoms with E-state index < -0.39 is 0 Å². The molecular weight excluding hydrogens is 471 g/mol. The lowest BCUT2D eigenvalue weighted by Crippen LogP contribution is -2.45. The van der Waals surface area contributed by atoms with Crippen LogP contribution in [0.5, 0.6) is 5.75 Å². The fourth-order valence-electron chi connectivity index (χ4n) is 3.25. The van der Waals surface area contributed by atoms with Gasteiger partial charge in [0.15, 0.2) is 5.96 Å². The molecule has 1 aromatic heterocycles. The Morgan fingerprint density at radius 3 is 2.85 bits per heavy atom. The van der Waals surface area contributed by atoms with Crippen LogP contribution in [-0.4, -0.2) is 30.1 Å². The number of hydrogen-bond donors (Lipinski definition) is 2. The summed E-state index contributed by atoms with van der Waals surface area (Å²) >= 11 is 1.74. The number of aryl methyl sites for hydroxylation is 2. The number of benzene rings is 1. The Hall–Kier alpha value is -1.35. The highest BCUT2D eigenvalue weighted by Gasteiger charge is 2.33. The van der Waals surface area contributed by atoms with Gasteiger partial charge in [0.25, 0.3) is 0 Å². The van der Waals surface area contributed by atoms with Crippen molar-refractivity contribution in [1.82, 2.24) is 15.6 Å². The summed E-state index contributed by atoms with van der Waals surface area (Å²) in [5.41, 5.74) is 2.09. The zero-order valence-corrected chi connectivity index (χ0v) is 19.6. The molecule has 7 heteroatoms. The number of ether oxygens (including phenoxy) is 1. The van der Waals surface area contributed by atoms with E-state index in [1.165, 1.54) is 10.6 Å². The van der Waals surface area contributed by atoms with Crippen molar-refractivity contribution in [1.29, 1.82) is 0 Å². The number of fused-ring (bicyclic) bond motifs is 1. The number of hydrogen-bond acceptors (Lipinski definition) is 4. The SMILES string of the molecule is CN=C(NCCCc1nc(C)cs1)NC1CC(C)(C)Oc2ccccc21.I. The molecule has 0 saturated heterocycles. The summed E-state index contributed by atoms with van der Waals surface area (Å²) in [5, 5.41) is 10.3. The van der Waals surface area contributed by atoms with Crippen LogP contribution in [0.15, 0.2) is 34.6 Å². The topological polar surface area (TPSA) is 58.5 Å². The van der Waals surface area contributed by atoms with Crippen LogP contribution >= 0.6 is 35.3 Å². The van der Waals surface area contributed by atoms with Crippen molar-refractivity contribution in [2.75, 3.05) is 13.6 Å². The highest BCUT2D eigenvalue weighted by Crippen LogP contribution is 2.39. The fourth-order valence-corrected chi connectivity index (χ4v) is 4.07. The molecule has 0 saturated carbocycles. The molecule has 148 valence electrons. The molecule has 0 bridgehead atoms. The Labute approximate surface area is 183 Å². The molecule has 0 aliphatic carbocycles. The van der Waals surface area contributed by atoms with Crippen molar-refractivity contribution in [2.45, 2.75) is 51.7 Å². The molecule has 1 aliphatic heterocycles. The Kier molecular flexibility index (Phi) is 7.91. The average Bonchev–Trinajstić information content (AvgIpc) is 3.01. The van der Waals surface area contributed by atoms with Crippen LogP contribution in [0.2, 0.25) is 0 Å². The van der Waals surface area contributed by atoms with Gasteiger partial charge >= 0.3 is 0 Å². The highest BCUT2D eigenvalue weighted by atomic mass is 127. The number of para-hydroxylation sites is 1. The van der Waals surface area contributed by atoms with E-state index >= 15 is 0 Å². The molecule has 27 heavy (non-hydrogen) atoms. The third-order valence-corrected chi connectivity index (χ3v) is 5.46. The first kappa shape index (κ1) is 21.9. The summed E-state index contributed by atoms with van der Waals surface area (Å²) in [6, 6.07) is 8.42. The van der Waals surface area contributed by atoms with Gasteiger partial charge in [-0.1, -0.05) is 18.2 Å². The Morgan fingerprint density at radius 2 is 2.15 bits per heavy atom. The van der Waals surface area contributed by atoms with E-state index in [1.54, 1.807) is 11.3 Å². The third-order valence-electron chi connectivity index (χ3n) is 4.44. The molecular formula is C20H29IN4OS. The number of thiazole rings is 1. The summed E-state index contributed by atoms with van der Waals surface area (Å²) in [7, 11) is 1.82. The van der Waals surface area contributed by atoms with Gasteiger partial charge in [-0.05, 0) is 33.3 Å². The molecule has 0 fully saturated rings. The minimum atomic E-state index is -0.201. The minimum Gasteiger partial charge on any atom is -0.487 e. The zero-order chi connectivity index (χ0) is 18.6. The summed E-state index contributed by atoms with van der Waals surface area (Å²) < 4.78 is 6.11. The van der Waals surface area contributed by atoms with Gasteiger partial charge in [0.2, 0.25) is 0 Å². The van der Waals surface area contributed by atoms with E-state index in [-0.39, 0.29) is 35.6 Å². The second kappa shape index (κ2) is 9.73. The van der Waals surface area contributed by atoms with Crippen LogP contribution < -0.4 is 15.4 Å². The molecule has 2 heterocycles. The molecule has 1 aliphatic rings. The maximum atomic E-state index is 6.11. The smallest absolute Gasteiger partial charge is 0.191 e. The van der Waals surface area contributed by atoms with Gasteiger partial charge < -0.3 is 15.4 Å². The van der Waals surface area contributed by atoms with Crippen LogP contribution in [-0.2, 0) is 6.42 Å². The second-order valence-corrected chi connectivity index (χ2v) is 8.23. The van der Waals surface area contributed by atoms with Crippen molar-refractivity contribution < 1.29 is 4.74 Å². The lowest BCUT2D eigenvalue weighted by molar-refractivity contribution is 0.0694. The number of halogens is 1. The normalized spacial score (nSPS) is 18.1. The van der Waals surface area contributed by atoms with Gasteiger partial charge in [-0.25, -0.2) is 4.98 Å². The van der Waals surface area contributed by atoms with Gasteiger partial charge in [-0.15, -0.1) is 35.3 Å². The summed E-state index contributed by atoms with van der Waals surface area (Å²) in [6.45, 7) is 7.16. The molecule has 1 aromatic carbocycles. The first-order chi connectivity index (χ1) is 12.5. The maximum Gasteiger partial charge on any atom is 0.191 e. The predicted octanol–water partition coefficient (Wildman–Crippen LogP) is 4.47. The van der Waals surface area contributed by atoms with Crippen molar-refractivity contribution in [3.05, 3.63) is 45.9 Å². The number of rotatable bonds is 5. The number of aliphatic imine (C=N–C) groups is 1. The summed E-state index contributed by atoms with van der Waals surface area (Å²) in [4.78, 5) is 8.91. The quantitative estimate of drug-likeness (QED) is 0.275. The summed E-state index contributed by atoms with van der Waals surface area (Å²) in [6.07, 6.45) is 2.92. The van der Waals surface area contributed by atoms with E-state index in [0.717, 1.165) is 43.2 Å². The van der Waals surface area contributed by atoms with Crippen LogP contribution in [0, 0.1) is 6.92 Å². The standard InChI is InChI=1S/C20H28N4OS.HI/c1-14-13-26-18(23-14)10-7-11-22-19(21-4)24-16-12-20(2,3)25-17-9-6-5-8-15(16)17;/h5-6,8-9,13,16H,7,10-12H2,1-4H3,(H2,21,22,24);1H. The lowest BCUT2D eigenvalue weighted by Gasteiger charge is -2.38. The largest absolute Gasteiger partial charge is 0.487 e. The van der Waals surface area contributed by atoms with E-state index in [9.17, 15) is 0 Å². The maximum absolute atomic E-state index is 6.11. The minimum absolute atomic E-state index is 0. The van der Waals surface area contributed by atoms with Crippen LogP contribution in [0.3, 0.4) is 0 Å². The Morgan fingerprint density at radius 1 is 1.37 bits per heavy atom. The number of aromatic nitrogens is 1. The first-order valence-corrected chi connectivity index (χ1v) is 10.0. The van der Waals surface area contributed by atoms with E-state index in [0.29, 0.717) is 0 Å². The summed E-state index contributed by atoms with van der Waals surface area (Å²) in [5.74, 6) is 1.79. The molecule has 0 spiro atoms. The number of guanidine groups is 1.